The fraction of sp³-hybridized carbons (Fsp3) is 0.727. The number of likely N-dealkylation sites (N-methyl/N-ethyl adjacent to an activating group) is 1. The van der Waals surface area contributed by atoms with E-state index in [9.17, 15) is 19.0 Å². The molecule has 1 aliphatic rings. The van der Waals surface area contributed by atoms with Crippen LogP contribution in [0.1, 0.15) is 142 Å². The number of epoxide rings is 1. The lowest BCUT2D eigenvalue weighted by Crippen LogP contribution is -2.37. The maximum absolute atomic E-state index is 12.7. The van der Waals surface area contributed by atoms with Crippen LogP contribution in [0.4, 0.5) is 0 Å². The van der Waals surface area contributed by atoms with Crippen LogP contribution in [0.25, 0.3) is 0 Å². The minimum absolute atomic E-state index is 0.0162. The third-order valence-electron chi connectivity index (χ3n) is 9.02. The van der Waals surface area contributed by atoms with E-state index in [2.05, 4.69) is 44.2 Å². The summed E-state index contributed by atoms with van der Waals surface area (Å²) in [5, 5.41) is 0. The molecule has 0 radical (unpaired) electrons. The Hall–Kier alpha value is -2.33. The average molecular weight is 794 g/mol. The molecule has 10 nitrogen and oxygen atoms in total. The van der Waals surface area contributed by atoms with Crippen molar-refractivity contribution in [1.82, 2.24) is 0 Å². The standard InChI is InChI=1S/C44H76NO9P/c1-6-8-10-12-14-16-18-20-22-24-26-28-30-34-43(46)50-38-40(39-52-55(48,49)51-37-36-45(3,4)5)53-44(47)35-31-33-42-41(54-42)32-29-27-25-23-21-19-17-15-13-11-9-7-2/h9,11,15,17,21,23,25,27,29,32,40-42H,6-8,10,12-14,16,18-20,22,24,26,28,30-31,33-39H2,1-5H3/b11-9-,17-15-,23-21-,27-25+,32-29+. The van der Waals surface area contributed by atoms with E-state index < -0.39 is 32.5 Å². The molecule has 0 saturated carbocycles. The number of allylic oxidation sites excluding steroid dienone is 9. The molecule has 0 spiro atoms. The van der Waals surface area contributed by atoms with E-state index in [4.69, 9.17) is 23.3 Å². The Labute approximate surface area is 334 Å². The molecule has 0 aromatic heterocycles. The van der Waals surface area contributed by atoms with Crippen LogP contribution in [-0.2, 0) is 37.4 Å². The van der Waals surface area contributed by atoms with E-state index in [0.29, 0.717) is 23.9 Å². The van der Waals surface area contributed by atoms with Gasteiger partial charge in [0.05, 0.1) is 33.9 Å². The second kappa shape index (κ2) is 32.7. The van der Waals surface area contributed by atoms with Gasteiger partial charge in [-0.2, -0.15) is 0 Å². The SMILES string of the molecule is CC/C=C\C/C=C\C\C=C/C=C/C=C/C1OC1CCCC(=O)OC(COC(=O)CCCCCCCCCCCCCCC)COP(=O)([O-])OCC[N+](C)(C)C. The summed E-state index contributed by atoms with van der Waals surface area (Å²) < 4.78 is 39.5. The van der Waals surface area contributed by atoms with Crippen molar-refractivity contribution in [2.75, 3.05) is 47.5 Å². The Bertz CT molecular complexity index is 1190. The molecule has 1 aliphatic heterocycles. The summed E-state index contributed by atoms with van der Waals surface area (Å²) in [6.07, 6.45) is 39.9. The molecule has 0 aromatic rings. The lowest BCUT2D eigenvalue weighted by Gasteiger charge is -2.28. The normalized spacial score (nSPS) is 17.9. The number of unbranched alkanes of at least 4 members (excludes halogenated alkanes) is 12. The molecule has 4 atom stereocenters. The molecule has 0 aliphatic carbocycles. The van der Waals surface area contributed by atoms with Crippen LogP contribution in [-0.4, -0.2) is 82.2 Å². The Morgan fingerprint density at radius 2 is 1.29 bits per heavy atom. The van der Waals surface area contributed by atoms with Crippen LogP contribution in [0.5, 0.6) is 0 Å². The van der Waals surface area contributed by atoms with Gasteiger partial charge in [-0.05, 0) is 38.5 Å². The molecule has 1 saturated heterocycles. The van der Waals surface area contributed by atoms with Crippen molar-refractivity contribution in [2.45, 2.75) is 161 Å². The lowest BCUT2D eigenvalue weighted by molar-refractivity contribution is -0.870. The highest BCUT2D eigenvalue weighted by Gasteiger charge is 2.35. The van der Waals surface area contributed by atoms with Gasteiger partial charge in [0.15, 0.2) is 6.10 Å². The fourth-order valence-corrected chi connectivity index (χ4v) is 6.35. The molecule has 0 aromatic carbocycles. The number of phosphoric acid groups is 1. The number of esters is 2. The number of quaternary nitrogens is 1. The molecule has 1 fully saturated rings. The molecule has 0 amide bonds. The third kappa shape index (κ3) is 33.5. The Balaban J connectivity index is 2.39. The predicted molar refractivity (Wildman–Crippen MR) is 221 cm³/mol. The van der Waals surface area contributed by atoms with Crippen LogP contribution in [0, 0.1) is 0 Å². The topological polar surface area (TPSA) is 124 Å². The number of rotatable bonds is 36. The Morgan fingerprint density at radius 1 is 0.709 bits per heavy atom. The van der Waals surface area contributed by atoms with Gasteiger partial charge >= 0.3 is 11.9 Å². The molecule has 55 heavy (non-hydrogen) atoms. The van der Waals surface area contributed by atoms with E-state index >= 15 is 0 Å². The summed E-state index contributed by atoms with van der Waals surface area (Å²) in [7, 11) is 1.10. The average Bonchev–Trinajstić information content (AvgIpc) is 3.88. The highest BCUT2D eigenvalue weighted by molar-refractivity contribution is 7.45. The van der Waals surface area contributed by atoms with Crippen LogP contribution in [0.2, 0.25) is 0 Å². The monoisotopic (exact) mass is 794 g/mol. The molecule has 0 bridgehead atoms. The van der Waals surface area contributed by atoms with Gasteiger partial charge in [0, 0.05) is 12.8 Å². The maximum atomic E-state index is 12.7. The van der Waals surface area contributed by atoms with Crippen molar-refractivity contribution >= 4 is 19.8 Å². The molecular formula is C44H76NO9P. The number of carbonyl (C=O) groups excluding carboxylic acids is 2. The van der Waals surface area contributed by atoms with Crippen molar-refractivity contribution in [3.8, 4) is 0 Å². The molecule has 316 valence electrons. The van der Waals surface area contributed by atoms with E-state index in [1.807, 2.05) is 51.5 Å². The van der Waals surface area contributed by atoms with Crippen LogP contribution in [0.15, 0.2) is 60.8 Å². The van der Waals surface area contributed by atoms with Gasteiger partial charge in [-0.1, -0.05) is 152 Å². The number of hydrogen-bond donors (Lipinski definition) is 0. The first kappa shape index (κ1) is 50.7. The third-order valence-corrected chi connectivity index (χ3v) is 9.98. The summed E-state index contributed by atoms with van der Waals surface area (Å²) in [6.45, 7) is 3.98. The van der Waals surface area contributed by atoms with Gasteiger partial charge in [0.25, 0.3) is 7.82 Å². The van der Waals surface area contributed by atoms with Crippen LogP contribution < -0.4 is 4.89 Å². The highest BCUT2D eigenvalue weighted by Crippen LogP contribution is 2.38. The number of phosphoric ester groups is 1. The van der Waals surface area contributed by atoms with E-state index in [1.54, 1.807) is 0 Å². The van der Waals surface area contributed by atoms with E-state index in [1.165, 1.54) is 64.2 Å². The van der Waals surface area contributed by atoms with Crippen molar-refractivity contribution in [3.05, 3.63) is 60.8 Å². The summed E-state index contributed by atoms with van der Waals surface area (Å²) in [6, 6.07) is 0. The second-order valence-corrected chi connectivity index (χ2v) is 16.8. The molecule has 1 heterocycles. The minimum atomic E-state index is -4.65. The number of hydrogen-bond acceptors (Lipinski definition) is 9. The van der Waals surface area contributed by atoms with Crippen molar-refractivity contribution < 1.29 is 46.8 Å². The zero-order chi connectivity index (χ0) is 40.5. The maximum Gasteiger partial charge on any atom is 0.306 e. The Kier molecular flexibility index (Phi) is 30.2. The fourth-order valence-electron chi connectivity index (χ4n) is 5.62. The van der Waals surface area contributed by atoms with Crippen LogP contribution >= 0.6 is 7.82 Å². The highest BCUT2D eigenvalue weighted by atomic mass is 31.2. The zero-order valence-electron chi connectivity index (χ0n) is 35.0. The smallest absolute Gasteiger partial charge is 0.306 e. The van der Waals surface area contributed by atoms with Crippen LogP contribution in [0.3, 0.4) is 0 Å². The van der Waals surface area contributed by atoms with Crippen molar-refractivity contribution in [2.24, 2.45) is 0 Å². The van der Waals surface area contributed by atoms with Crippen molar-refractivity contribution in [3.63, 3.8) is 0 Å². The molecule has 1 rings (SSSR count). The quantitative estimate of drug-likeness (QED) is 0.0116. The van der Waals surface area contributed by atoms with Crippen molar-refractivity contribution in [1.29, 1.82) is 0 Å². The van der Waals surface area contributed by atoms with Gasteiger partial charge < -0.3 is 32.6 Å². The van der Waals surface area contributed by atoms with Gasteiger partial charge in [-0.15, -0.1) is 0 Å². The second-order valence-electron chi connectivity index (χ2n) is 15.4. The molecule has 11 heteroatoms. The summed E-state index contributed by atoms with van der Waals surface area (Å²) in [5.41, 5.74) is 0. The first-order chi connectivity index (χ1) is 26.5. The number of nitrogens with zero attached hydrogens (tertiary/aromatic N) is 1. The van der Waals surface area contributed by atoms with E-state index in [0.717, 1.165) is 38.5 Å². The largest absolute Gasteiger partial charge is 0.756 e. The summed E-state index contributed by atoms with van der Waals surface area (Å²) in [4.78, 5) is 37.6. The van der Waals surface area contributed by atoms with Gasteiger partial charge in [-0.3, -0.25) is 14.2 Å². The van der Waals surface area contributed by atoms with E-state index in [-0.39, 0.29) is 38.3 Å². The van der Waals surface area contributed by atoms with Gasteiger partial charge in [-0.25, -0.2) is 0 Å². The molecular weight excluding hydrogens is 717 g/mol. The molecule has 4 unspecified atom stereocenters. The first-order valence-corrected chi connectivity index (χ1v) is 22.6. The van der Waals surface area contributed by atoms with Gasteiger partial charge in [0.1, 0.15) is 25.9 Å². The molecule has 0 N–H and O–H groups in total. The number of carbonyl (C=O) groups is 2. The lowest BCUT2D eigenvalue weighted by atomic mass is 10.0. The zero-order valence-corrected chi connectivity index (χ0v) is 35.9. The Morgan fingerprint density at radius 3 is 1.93 bits per heavy atom. The predicted octanol–water partition coefficient (Wildman–Crippen LogP) is 10.0. The van der Waals surface area contributed by atoms with Gasteiger partial charge in [0.2, 0.25) is 0 Å². The first-order valence-electron chi connectivity index (χ1n) is 21.2. The number of ether oxygens (including phenoxy) is 3. The summed E-state index contributed by atoms with van der Waals surface area (Å²) >= 11 is 0. The minimum Gasteiger partial charge on any atom is -0.756 e. The summed E-state index contributed by atoms with van der Waals surface area (Å²) in [5.74, 6) is -0.935.